The minimum Gasteiger partial charge on any atom is -0.352 e. The zero-order valence-corrected chi connectivity index (χ0v) is 16.1. The molecule has 7 heteroatoms. The molecular weight excluding hydrogens is 338 g/mol. The van der Waals surface area contributed by atoms with Crippen LogP contribution in [0.4, 0.5) is 4.79 Å². The largest absolute Gasteiger partial charge is 0.352 e. The van der Waals surface area contributed by atoms with Crippen LogP contribution >= 0.6 is 11.3 Å². The van der Waals surface area contributed by atoms with Gasteiger partial charge >= 0.3 is 6.03 Å². The number of rotatable bonds is 8. The Balaban J connectivity index is 1.90. The average Bonchev–Trinajstić information content (AvgIpc) is 3.11. The predicted octanol–water partition coefficient (Wildman–Crippen LogP) is 2.85. The first-order valence-electron chi connectivity index (χ1n) is 8.71. The molecule has 0 saturated carbocycles. The molecule has 1 aromatic rings. The Bertz CT molecular complexity index is 630. The summed E-state index contributed by atoms with van der Waals surface area (Å²) in [6.45, 7) is 7.71. The van der Waals surface area contributed by atoms with Crippen LogP contribution in [0.3, 0.4) is 0 Å². The van der Waals surface area contributed by atoms with Gasteiger partial charge in [-0.1, -0.05) is 32.8 Å². The van der Waals surface area contributed by atoms with Gasteiger partial charge in [0.25, 0.3) is 5.91 Å². The van der Waals surface area contributed by atoms with Gasteiger partial charge in [-0.25, -0.2) is 4.79 Å². The smallest absolute Gasteiger partial charge is 0.325 e. The summed E-state index contributed by atoms with van der Waals surface area (Å²) in [6.07, 6.45) is 3.04. The van der Waals surface area contributed by atoms with Gasteiger partial charge in [0.15, 0.2) is 5.54 Å². The van der Waals surface area contributed by atoms with Crippen molar-refractivity contribution in [1.82, 2.24) is 15.5 Å². The lowest BCUT2D eigenvalue weighted by Gasteiger charge is -2.20. The Labute approximate surface area is 153 Å². The van der Waals surface area contributed by atoms with Crippen molar-refractivity contribution in [2.24, 2.45) is 5.92 Å². The highest BCUT2D eigenvalue weighted by molar-refractivity contribution is 7.10. The maximum Gasteiger partial charge on any atom is 0.325 e. The fourth-order valence-corrected chi connectivity index (χ4v) is 3.77. The summed E-state index contributed by atoms with van der Waals surface area (Å²) in [5.74, 6) is -0.0534. The lowest BCUT2D eigenvalue weighted by molar-refractivity contribution is -0.134. The molecule has 0 aromatic carbocycles. The molecule has 2 rings (SSSR count). The molecule has 1 aliphatic rings. The highest BCUT2D eigenvalue weighted by Gasteiger charge is 2.50. The van der Waals surface area contributed by atoms with Crippen molar-refractivity contribution in [3.8, 4) is 0 Å². The summed E-state index contributed by atoms with van der Waals surface area (Å²) in [5.41, 5.74) is -1.09. The van der Waals surface area contributed by atoms with Crippen LogP contribution < -0.4 is 10.6 Å². The molecule has 0 bridgehead atoms. The van der Waals surface area contributed by atoms with Crippen molar-refractivity contribution >= 4 is 29.2 Å². The quantitative estimate of drug-likeness (QED) is 0.695. The van der Waals surface area contributed by atoms with E-state index in [4.69, 9.17) is 0 Å². The van der Waals surface area contributed by atoms with E-state index in [-0.39, 0.29) is 24.4 Å². The molecule has 2 heterocycles. The zero-order valence-electron chi connectivity index (χ0n) is 15.3. The molecule has 4 amide bonds. The molecule has 0 spiro atoms. The van der Waals surface area contributed by atoms with Crippen molar-refractivity contribution < 1.29 is 14.4 Å². The van der Waals surface area contributed by atoms with Crippen LogP contribution in [0.25, 0.3) is 0 Å². The van der Waals surface area contributed by atoms with Crippen molar-refractivity contribution in [1.29, 1.82) is 0 Å². The van der Waals surface area contributed by atoms with Gasteiger partial charge in [-0.05, 0) is 37.6 Å². The second-order valence-corrected chi connectivity index (χ2v) is 8.16. The maximum absolute atomic E-state index is 12.7. The number of carbonyl (C=O) groups is 3. The zero-order chi connectivity index (χ0) is 18.6. The van der Waals surface area contributed by atoms with Gasteiger partial charge in [-0.2, -0.15) is 0 Å². The number of hydrogen-bond donors (Lipinski definition) is 2. The molecule has 2 unspecified atom stereocenters. The normalized spacial score (nSPS) is 21.6. The van der Waals surface area contributed by atoms with Crippen LogP contribution in [0, 0.1) is 5.92 Å². The van der Waals surface area contributed by atoms with E-state index >= 15 is 0 Å². The van der Waals surface area contributed by atoms with Crippen molar-refractivity contribution in [2.45, 2.75) is 58.5 Å². The molecule has 1 aliphatic heterocycles. The minimum atomic E-state index is -1.09. The third-order valence-corrected chi connectivity index (χ3v) is 5.51. The van der Waals surface area contributed by atoms with E-state index in [1.165, 1.54) is 11.3 Å². The third kappa shape index (κ3) is 4.60. The van der Waals surface area contributed by atoms with Crippen LogP contribution in [0.2, 0.25) is 0 Å². The fraction of sp³-hybridized carbons (Fsp3) is 0.611. The first-order valence-corrected chi connectivity index (χ1v) is 9.59. The van der Waals surface area contributed by atoms with Crippen LogP contribution in [0.15, 0.2) is 17.5 Å². The van der Waals surface area contributed by atoms with Crippen molar-refractivity contribution in [3.63, 3.8) is 0 Å². The number of nitrogens with one attached hydrogen (secondary N) is 2. The number of urea groups is 1. The molecular formula is C18H27N3O3S. The van der Waals surface area contributed by atoms with E-state index in [1.54, 1.807) is 6.92 Å². The van der Waals surface area contributed by atoms with Crippen LogP contribution in [0.1, 0.15) is 51.8 Å². The van der Waals surface area contributed by atoms with Crippen LogP contribution in [-0.4, -0.2) is 35.3 Å². The lowest BCUT2D eigenvalue weighted by atomic mass is 10.0. The number of nitrogens with zero attached hydrogens (tertiary/aromatic N) is 1. The van der Waals surface area contributed by atoms with Gasteiger partial charge in [0, 0.05) is 10.9 Å². The van der Waals surface area contributed by atoms with E-state index in [0.717, 1.165) is 29.0 Å². The van der Waals surface area contributed by atoms with E-state index in [0.29, 0.717) is 5.92 Å². The summed E-state index contributed by atoms with van der Waals surface area (Å²) >= 11 is 1.40. The van der Waals surface area contributed by atoms with Gasteiger partial charge < -0.3 is 10.6 Å². The summed E-state index contributed by atoms with van der Waals surface area (Å²) in [5, 5.41) is 7.43. The maximum atomic E-state index is 12.7. The monoisotopic (exact) mass is 365 g/mol. The third-order valence-electron chi connectivity index (χ3n) is 4.42. The molecule has 1 saturated heterocycles. The van der Waals surface area contributed by atoms with E-state index < -0.39 is 11.6 Å². The Morgan fingerprint density at radius 2 is 2.04 bits per heavy atom. The van der Waals surface area contributed by atoms with Crippen LogP contribution in [-0.2, 0) is 15.1 Å². The minimum absolute atomic E-state index is 0.0238. The molecule has 138 valence electrons. The Morgan fingerprint density at radius 1 is 1.32 bits per heavy atom. The Morgan fingerprint density at radius 3 is 2.64 bits per heavy atom. The van der Waals surface area contributed by atoms with E-state index in [2.05, 4.69) is 24.5 Å². The summed E-state index contributed by atoms with van der Waals surface area (Å²) in [6, 6.07) is 3.14. The number of thiophene rings is 1. The molecule has 0 aliphatic carbocycles. The first-order chi connectivity index (χ1) is 11.7. The molecule has 0 radical (unpaired) electrons. The van der Waals surface area contributed by atoms with Crippen molar-refractivity contribution in [2.75, 3.05) is 6.54 Å². The number of carbonyl (C=O) groups excluding carboxylic acids is 3. The highest BCUT2D eigenvalue weighted by Crippen LogP contribution is 2.31. The SMILES string of the molecule is CC(C)CCCC(C)NC(=O)CN1C(=O)NC(C)(c2cccs2)C1=O. The molecule has 2 atom stereocenters. The van der Waals surface area contributed by atoms with E-state index in [9.17, 15) is 14.4 Å². The lowest BCUT2D eigenvalue weighted by Crippen LogP contribution is -2.44. The average molecular weight is 365 g/mol. The van der Waals surface area contributed by atoms with Gasteiger partial charge in [-0.3, -0.25) is 14.5 Å². The second-order valence-electron chi connectivity index (χ2n) is 7.22. The summed E-state index contributed by atoms with van der Waals surface area (Å²) in [7, 11) is 0. The van der Waals surface area contributed by atoms with Gasteiger partial charge in [0.05, 0.1) is 0 Å². The first kappa shape index (κ1) is 19.4. The molecule has 2 N–H and O–H groups in total. The Hall–Kier alpha value is -1.89. The summed E-state index contributed by atoms with van der Waals surface area (Å²) < 4.78 is 0. The van der Waals surface area contributed by atoms with Gasteiger partial charge in [0.1, 0.15) is 6.54 Å². The van der Waals surface area contributed by atoms with Gasteiger partial charge in [0.2, 0.25) is 5.91 Å². The van der Waals surface area contributed by atoms with Crippen molar-refractivity contribution in [3.05, 3.63) is 22.4 Å². The number of amides is 4. The fourth-order valence-electron chi connectivity index (χ4n) is 2.94. The molecule has 25 heavy (non-hydrogen) atoms. The standard InChI is InChI=1S/C18H27N3O3S/c1-12(2)7-5-8-13(3)19-15(22)11-21-16(23)18(4,20-17(21)24)14-9-6-10-25-14/h6,9-10,12-13H,5,7-8,11H2,1-4H3,(H,19,22)(H,20,24). The van der Waals surface area contributed by atoms with Crippen LogP contribution in [0.5, 0.6) is 0 Å². The predicted molar refractivity (Wildman–Crippen MR) is 98.2 cm³/mol. The number of imide groups is 1. The Kier molecular flexibility index (Phi) is 6.21. The highest BCUT2D eigenvalue weighted by atomic mass is 32.1. The second kappa shape index (κ2) is 7.99. The number of hydrogen-bond acceptors (Lipinski definition) is 4. The topological polar surface area (TPSA) is 78.5 Å². The summed E-state index contributed by atoms with van der Waals surface area (Å²) in [4.78, 5) is 38.8. The van der Waals surface area contributed by atoms with E-state index in [1.807, 2.05) is 24.4 Å². The molecule has 1 aromatic heterocycles. The molecule has 6 nitrogen and oxygen atoms in total. The molecule has 1 fully saturated rings. The van der Waals surface area contributed by atoms with Gasteiger partial charge in [-0.15, -0.1) is 11.3 Å².